The van der Waals surface area contributed by atoms with Gasteiger partial charge in [-0.2, -0.15) is 5.10 Å². The maximum absolute atomic E-state index is 6.22. The molecule has 0 saturated carbocycles. The number of hydrogen-bond acceptors (Lipinski definition) is 2. The van der Waals surface area contributed by atoms with Crippen molar-refractivity contribution in [1.29, 1.82) is 0 Å². The van der Waals surface area contributed by atoms with E-state index in [-0.39, 0.29) is 5.38 Å². The zero-order valence-corrected chi connectivity index (χ0v) is 9.36. The van der Waals surface area contributed by atoms with Gasteiger partial charge in [-0.3, -0.25) is 4.68 Å². The van der Waals surface area contributed by atoms with Crippen molar-refractivity contribution in [3.8, 4) is 0 Å². The Balaban J connectivity index is 2.08. The largest absolute Gasteiger partial charge is 0.251 e. The summed E-state index contributed by atoms with van der Waals surface area (Å²) in [7, 11) is 0. The summed E-state index contributed by atoms with van der Waals surface area (Å²) in [6.07, 6.45) is 3.14. The van der Waals surface area contributed by atoms with Crippen LogP contribution in [0.15, 0.2) is 36.9 Å². The van der Waals surface area contributed by atoms with E-state index >= 15 is 0 Å². The molecule has 0 N–H and O–H groups in total. The normalized spacial score (nSPS) is 12.7. The molecule has 0 bridgehead atoms. The lowest BCUT2D eigenvalue weighted by atomic mass is 10.1. The van der Waals surface area contributed by atoms with Gasteiger partial charge in [-0.05, 0) is 17.7 Å². The lowest BCUT2D eigenvalue weighted by Crippen LogP contribution is -2.04. The van der Waals surface area contributed by atoms with E-state index in [1.54, 1.807) is 11.0 Å². The molecule has 2 aromatic rings. The van der Waals surface area contributed by atoms with Crippen LogP contribution >= 0.6 is 23.2 Å². The van der Waals surface area contributed by atoms with E-state index in [4.69, 9.17) is 23.2 Å². The van der Waals surface area contributed by atoms with Crippen LogP contribution in [-0.4, -0.2) is 14.8 Å². The summed E-state index contributed by atoms with van der Waals surface area (Å²) in [6.45, 7) is 0.600. The van der Waals surface area contributed by atoms with Crippen LogP contribution < -0.4 is 0 Å². The van der Waals surface area contributed by atoms with Crippen molar-refractivity contribution in [2.24, 2.45) is 0 Å². The number of aromatic nitrogens is 3. The lowest BCUT2D eigenvalue weighted by molar-refractivity contribution is 0.600. The lowest BCUT2D eigenvalue weighted by Gasteiger charge is -2.09. The SMILES string of the molecule is Clc1ccc(C(Cl)Cn2cncn2)cc1. The monoisotopic (exact) mass is 241 g/mol. The van der Waals surface area contributed by atoms with Gasteiger partial charge in [0.25, 0.3) is 0 Å². The average Bonchev–Trinajstić information content (AvgIpc) is 2.71. The Morgan fingerprint density at radius 3 is 2.60 bits per heavy atom. The number of hydrogen-bond donors (Lipinski definition) is 0. The summed E-state index contributed by atoms with van der Waals surface area (Å²) < 4.78 is 1.70. The second-order valence-electron chi connectivity index (χ2n) is 3.14. The fourth-order valence-corrected chi connectivity index (χ4v) is 1.68. The van der Waals surface area contributed by atoms with E-state index in [0.717, 1.165) is 5.56 Å². The highest BCUT2D eigenvalue weighted by Crippen LogP contribution is 2.23. The first-order chi connectivity index (χ1) is 7.25. The first-order valence-corrected chi connectivity index (χ1v) is 5.29. The van der Waals surface area contributed by atoms with E-state index in [1.807, 2.05) is 24.3 Å². The van der Waals surface area contributed by atoms with E-state index in [1.165, 1.54) is 6.33 Å². The molecule has 0 aliphatic heterocycles. The summed E-state index contributed by atoms with van der Waals surface area (Å²) in [4.78, 5) is 3.86. The van der Waals surface area contributed by atoms with Crippen molar-refractivity contribution in [3.05, 3.63) is 47.5 Å². The molecule has 2 rings (SSSR count). The van der Waals surface area contributed by atoms with Crippen molar-refractivity contribution in [2.45, 2.75) is 11.9 Å². The highest BCUT2D eigenvalue weighted by molar-refractivity contribution is 6.30. The van der Waals surface area contributed by atoms with Crippen molar-refractivity contribution in [3.63, 3.8) is 0 Å². The number of benzene rings is 1. The van der Waals surface area contributed by atoms with Gasteiger partial charge in [0, 0.05) is 5.02 Å². The smallest absolute Gasteiger partial charge is 0.137 e. The summed E-state index contributed by atoms with van der Waals surface area (Å²) in [5.41, 5.74) is 1.02. The second kappa shape index (κ2) is 4.64. The van der Waals surface area contributed by atoms with Crippen LogP contribution in [-0.2, 0) is 6.54 Å². The van der Waals surface area contributed by atoms with Crippen molar-refractivity contribution >= 4 is 23.2 Å². The van der Waals surface area contributed by atoms with E-state index in [2.05, 4.69) is 10.1 Å². The third-order valence-corrected chi connectivity index (χ3v) is 2.69. The van der Waals surface area contributed by atoms with Crippen LogP contribution in [0.25, 0.3) is 0 Å². The number of halogens is 2. The van der Waals surface area contributed by atoms with Gasteiger partial charge in [0.05, 0.1) is 11.9 Å². The van der Waals surface area contributed by atoms with Crippen molar-refractivity contribution < 1.29 is 0 Å². The number of rotatable bonds is 3. The fraction of sp³-hybridized carbons (Fsp3) is 0.200. The Labute approximate surface area is 97.7 Å². The molecule has 15 heavy (non-hydrogen) atoms. The van der Waals surface area contributed by atoms with Crippen LogP contribution in [0.5, 0.6) is 0 Å². The van der Waals surface area contributed by atoms with E-state index in [9.17, 15) is 0 Å². The van der Waals surface area contributed by atoms with Gasteiger partial charge in [0.1, 0.15) is 12.7 Å². The second-order valence-corrected chi connectivity index (χ2v) is 4.10. The third-order valence-electron chi connectivity index (χ3n) is 2.05. The van der Waals surface area contributed by atoms with Gasteiger partial charge < -0.3 is 0 Å². The first kappa shape index (κ1) is 10.5. The van der Waals surface area contributed by atoms with Crippen LogP contribution in [0.4, 0.5) is 0 Å². The molecule has 0 spiro atoms. The van der Waals surface area contributed by atoms with Crippen LogP contribution in [0, 0.1) is 0 Å². The molecule has 1 aromatic carbocycles. The Bertz CT molecular complexity index is 411. The zero-order valence-electron chi connectivity index (χ0n) is 7.85. The third kappa shape index (κ3) is 2.70. The molecule has 0 amide bonds. The molecule has 1 unspecified atom stereocenters. The van der Waals surface area contributed by atoms with Gasteiger partial charge >= 0.3 is 0 Å². The number of alkyl halides is 1. The molecular formula is C10H9Cl2N3. The predicted octanol–water partition coefficient (Wildman–Crippen LogP) is 2.91. The minimum atomic E-state index is -0.121. The predicted molar refractivity (Wildman–Crippen MR) is 60.1 cm³/mol. The van der Waals surface area contributed by atoms with E-state index in [0.29, 0.717) is 11.6 Å². The molecule has 78 valence electrons. The van der Waals surface area contributed by atoms with Gasteiger partial charge in [-0.1, -0.05) is 23.7 Å². The Morgan fingerprint density at radius 1 is 1.27 bits per heavy atom. The molecule has 1 atom stereocenters. The van der Waals surface area contributed by atoms with E-state index < -0.39 is 0 Å². The standard InChI is InChI=1S/C10H9Cl2N3/c11-9-3-1-8(2-4-9)10(12)5-15-7-13-6-14-15/h1-4,6-7,10H,5H2. The quantitative estimate of drug-likeness (QED) is 0.774. The maximum atomic E-state index is 6.22. The molecule has 5 heteroatoms. The zero-order chi connectivity index (χ0) is 10.7. The Hall–Kier alpha value is -1.06. The van der Waals surface area contributed by atoms with Crippen molar-refractivity contribution in [2.75, 3.05) is 0 Å². The van der Waals surface area contributed by atoms with Crippen LogP contribution in [0.3, 0.4) is 0 Å². The van der Waals surface area contributed by atoms with Gasteiger partial charge in [-0.15, -0.1) is 11.6 Å². The summed E-state index contributed by atoms with van der Waals surface area (Å²) in [5.74, 6) is 0. The molecule has 1 aromatic heterocycles. The Morgan fingerprint density at radius 2 is 2.00 bits per heavy atom. The van der Waals surface area contributed by atoms with Crippen LogP contribution in [0.2, 0.25) is 5.02 Å². The van der Waals surface area contributed by atoms with Gasteiger partial charge in [0.15, 0.2) is 0 Å². The summed E-state index contributed by atoms with van der Waals surface area (Å²) >= 11 is 12.0. The van der Waals surface area contributed by atoms with Gasteiger partial charge in [0.2, 0.25) is 0 Å². The minimum Gasteiger partial charge on any atom is -0.251 e. The fourth-order valence-electron chi connectivity index (χ4n) is 1.27. The molecule has 3 nitrogen and oxygen atoms in total. The molecule has 1 heterocycles. The molecule has 0 aliphatic carbocycles. The topological polar surface area (TPSA) is 30.7 Å². The molecule has 0 saturated heterocycles. The summed E-state index contributed by atoms with van der Waals surface area (Å²) in [5, 5.41) is 4.58. The Kier molecular flexibility index (Phi) is 3.23. The highest BCUT2D eigenvalue weighted by atomic mass is 35.5. The minimum absolute atomic E-state index is 0.121. The molecule has 0 aliphatic rings. The molecular weight excluding hydrogens is 233 g/mol. The first-order valence-electron chi connectivity index (χ1n) is 4.47. The highest BCUT2D eigenvalue weighted by Gasteiger charge is 2.08. The number of nitrogens with zero attached hydrogens (tertiary/aromatic N) is 3. The molecule has 0 fully saturated rings. The molecule has 0 radical (unpaired) electrons. The van der Waals surface area contributed by atoms with Crippen LogP contribution in [0.1, 0.15) is 10.9 Å². The van der Waals surface area contributed by atoms with Gasteiger partial charge in [-0.25, -0.2) is 4.98 Å². The van der Waals surface area contributed by atoms with Crippen molar-refractivity contribution in [1.82, 2.24) is 14.8 Å². The average molecular weight is 242 g/mol. The summed E-state index contributed by atoms with van der Waals surface area (Å²) in [6, 6.07) is 7.48. The maximum Gasteiger partial charge on any atom is 0.137 e.